The molecule has 6 heteroatoms. The van der Waals surface area contributed by atoms with Gasteiger partial charge in [-0.1, -0.05) is 25.1 Å². The first kappa shape index (κ1) is 18.2. The number of piperazine rings is 1. The Hall–Kier alpha value is -2.18. The number of para-hydroxylation sites is 1. The van der Waals surface area contributed by atoms with Gasteiger partial charge in [0.2, 0.25) is 0 Å². The van der Waals surface area contributed by atoms with Gasteiger partial charge in [-0.25, -0.2) is 9.97 Å². The first-order chi connectivity index (χ1) is 13.2. The number of aromatic nitrogens is 2. The zero-order chi connectivity index (χ0) is 18.6. The minimum Gasteiger partial charge on any atom is -0.492 e. The van der Waals surface area contributed by atoms with E-state index in [1.807, 2.05) is 30.3 Å². The quantitative estimate of drug-likeness (QED) is 0.649. The molecule has 3 heterocycles. The first-order valence-corrected chi connectivity index (χ1v) is 10.5. The normalized spacial score (nSPS) is 15.4. The lowest BCUT2D eigenvalue weighted by Gasteiger charge is -2.35. The molecule has 1 aliphatic heterocycles. The van der Waals surface area contributed by atoms with Crippen LogP contribution in [0.4, 0.5) is 5.82 Å². The maximum Gasteiger partial charge on any atom is 0.141 e. The number of aryl methyl sites for hydroxylation is 2. The van der Waals surface area contributed by atoms with Gasteiger partial charge in [0.1, 0.15) is 28.8 Å². The summed E-state index contributed by atoms with van der Waals surface area (Å²) >= 11 is 1.76. The van der Waals surface area contributed by atoms with Gasteiger partial charge in [0.25, 0.3) is 0 Å². The highest BCUT2D eigenvalue weighted by Crippen LogP contribution is 2.31. The number of nitrogens with zero attached hydrogens (tertiary/aromatic N) is 4. The van der Waals surface area contributed by atoms with Gasteiger partial charge < -0.3 is 9.64 Å². The summed E-state index contributed by atoms with van der Waals surface area (Å²) < 4.78 is 5.84. The zero-order valence-corrected chi connectivity index (χ0v) is 16.8. The molecule has 0 bridgehead atoms. The topological polar surface area (TPSA) is 41.5 Å². The number of thiophene rings is 1. The van der Waals surface area contributed by atoms with Crippen LogP contribution in [0.3, 0.4) is 0 Å². The van der Waals surface area contributed by atoms with E-state index in [9.17, 15) is 0 Å². The minimum atomic E-state index is 0.728. The highest BCUT2D eigenvalue weighted by Gasteiger charge is 2.21. The SMILES string of the molecule is CCc1nc(N2CCN(CCOc3ccccc3)CC2)c2cc(C)sc2n1. The van der Waals surface area contributed by atoms with Gasteiger partial charge in [0.05, 0.1) is 5.39 Å². The third kappa shape index (κ3) is 4.22. The van der Waals surface area contributed by atoms with Crippen LogP contribution in [0.1, 0.15) is 17.6 Å². The summed E-state index contributed by atoms with van der Waals surface area (Å²) in [4.78, 5) is 16.9. The van der Waals surface area contributed by atoms with E-state index in [0.29, 0.717) is 0 Å². The Morgan fingerprint density at radius 1 is 1.07 bits per heavy atom. The summed E-state index contributed by atoms with van der Waals surface area (Å²) in [5.41, 5.74) is 0. The van der Waals surface area contributed by atoms with Crippen molar-refractivity contribution in [3.8, 4) is 5.75 Å². The van der Waals surface area contributed by atoms with Crippen molar-refractivity contribution in [2.75, 3.05) is 44.2 Å². The molecule has 0 N–H and O–H groups in total. The van der Waals surface area contributed by atoms with Crippen molar-refractivity contribution >= 4 is 27.4 Å². The van der Waals surface area contributed by atoms with E-state index in [4.69, 9.17) is 14.7 Å². The van der Waals surface area contributed by atoms with E-state index in [0.717, 1.165) is 68.0 Å². The molecule has 27 heavy (non-hydrogen) atoms. The average molecular weight is 383 g/mol. The second kappa shape index (κ2) is 8.23. The van der Waals surface area contributed by atoms with Crippen LogP contribution in [0.25, 0.3) is 10.2 Å². The molecule has 142 valence electrons. The van der Waals surface area contributed by atoms with Crippen molar-refractivity contribution in [3.63, 3.8) is 0 Å². The number of ether oxygens (including phenoxy) is 1. The lowest BCUT2D eigenvalue weighted by molar-refractivity contribution is 0.200. The van der Waals surface area contributed by atoms with E-state index in [-0.39, 0.29) is 0 Å². The highest BCUT2D eigenvalue weighted by atomic mass is 32.1. The molecule has 3 aromatic rings. The Labute approximate surface area is 164 Å². The van der Waals surface area contributed by atoms with Crippen molar-refractivity contribution < 1.29 is 4.74 Å². The Bertz CT molecular complexity index is 888. The maximum absolute atomic E-state index is 5.84. The van der Waals surface area contributed by atoms with E-state index < -0.39 is 0 Å². The van der Waals surface area contributed by atoms with Crippen LogP contribution in [0.2, 0.25) is 0 Å². The molecule has 1 aliphatic rings. The summed E-state index contributed by atoms with van der Waals surface area (Å²) in [6.45, 7) is 10.0. The average Bonchev–Trinajstić information content (AvgIpc) is 3.08. The van der Waals surface area contributed by atoms with E-state index in [2.05, 4.69) is 29.7 Å². The van der Waals surface area contributed by atoms with Crippen LogP contribution in [0, 0.1) is 6.92 Å². The molecule has 0 amide bonds. The second-order valence-electron chi connectivity index (χ2n) is 6.88. The Morgan fingerprint density at radius 3 is 2.59 bits per heavy atom. The van der Waals surface area contributed by atoms with Gasteiger partial charge >= 0.3 is 0 Å². The van der Waals surface area contributed by atoms with Crippen LogP contribution < -0.4 is 9.64 Å². The van der Waals surface area contributed by atoms with Gasteiger partial charge in [-0.3, -0.25) is 4.90 Å². The molecule has 0 unspecified atom stereocenters. The molecule has 1 aromatic carbocycles. The third-order valence-electron chi connectivity index (χ3n) is 4.95. The molecule has 2 aromatic heterocycles. The second-order valence-corrected chi connectivity index (χ2v) is 8.12. The molecule has 1 saturated heterocycles. The van der Waals surface area contributed by atoms with Crippen LogP contribution in [0.5, 0.6) is 5.75 Å². The summed E-state index contributed by atoms with van der Waals surface area (Å²) in [5, 5.41) is 1.20. The molecule has 5 nitrogen and oxygen atoms in total. The third-order valence-corrected chi connectivity index (χ3v) is 5.89. The molecule has 0 saturated carbocycles. The smallest absolute Gasteiger partial charge is 0.141 e. The number of anilines is 1. The summed E-state index contributed by atoms with van der Waals surface area (Å²) in [7, 11) is 0. The summed E-state index contributed by atoms with van der Waals surface area (Å²) in [6.07, 6.45) is 0.872. The molecule has 0 spiro atoms. The number of hydrogen-bond donors (Lipinski definition) is 0. The van der Waals surface area contributed by atoms with E-state index in [1.54, 1.807) is 11.3 Å². The maximum atomic E-state index is 5.84. The summed E-state index contributed by atoms with van der Waals surface area (Å²) in [6, 6.07) is 12.3. The van der Waals surface area contributed by atoms with Crippen molar-refractivity contribution in [2.45, 2.75) is 20.3 Å². The van der Waals surface area contributed by atoms with Crippen LogP contribution in [-0.4, -0.2) is 54.2 Å². The number of benzene rings is 1. The molecule has 0 aliphatic carbocycles. The molecule has 4 rings (SSSR count). The fourth-order valence-corrected chi connectivity index (χ4v) is 4.35. The number of rotatable bonds is 6. The van der Waals surface area contributed by atoms with E-state index in [1.165, 1.54) is 10.3 Å². The van der Waals surface area contributed by atoms with Gasteiger partial charge in [-0.2, -0.15) is 0 Å². The van der Waals surface area contributed by atoms with Crippen LogP contribution >= 0.6 is 11.3 Å². The van der Waals surface area contributed by atoms with Gasteiger partial charge in [0.15, 0.2) is 0 Å². The Balaban J connectivity index is 1.37. The van der Waals surface area contributed by atoms with Crippen LogP contribution in [0.15, 0.2) is 36.4 Å². The molecular formula is C21H26N4OS. The van der Waals surface area contributed by atoms with Gasteiger partial charge in [-0.05, 0) is 25.1 Å². The Kier molecular flexibility index (Phi) is 5.55. The van der Waals surface area contributed by atoms with Crippen molar-refractivity contribution in [3.05, 3.63) is 47.1 Å². The van der Waals surface area contributed by atoms with Crippen molar-refractivity contribution in [1.82, 2.24) is 14.9 Å². The predicted octanol–water partition coefficient (Wildman–Crippen LogP) is 3.76. The molecule has 0 radical (unpaired) electrons. The standard InChI is InChI=1S/C21H26N4OS/c1-3-19-22-20(18-15-16(2)27-21(18)23-19)25-11-9-24(10-12-25)13-14-26-17-7-5-4-6-8-17/h4-8,15H,3,9-14H2,1-2H3. The van der Waals surface area contributed by atoms with Gasteiger partial charge in [-0.15, -0.1) is 11.3 Å². The fourth-order valence-electron chi connectivity index (χ4n) is 3.46. The van der Waals surface area contributed by atoms with Crippen molar-refractivity contribution in [1.29, 1.82) is 0 Å². The lowest BCUT2D eigenvalue weighted by Crippen LogP contribution is -2.47. The zero-order valence-electron chi connectivity index (χ0n) is 16.0. The minimum absolute atomic E-state index is 0.728. The molecular weight excluding hydrogens is 356 g/mol. The number of hydrogen-bond acceptors (Lipinski definition) is 6. The lowest BCUT2D eigenvalue weighted by atomic mass is 10.2. The Morgan fingerprint density at radius 2 is 1.85 bits per heavy atom. The number of fused-ring (bicyclic) bond motifs is 1. The van der Waals surface area contributed by atoms with E-state index >= 15 is 0 Å². The largest absolute Gasteiger partial charge is 0.492 e. The summed E-state index contributed by atoms with van der Waals surface area (Å²) in [5.74, 6) is 3.00. The fraction of sp³-hybridized carbons (Fsp3) is 0.429. The van der Waals surface area contributed by atoms with Gasteiger partial charge in [0, 0.05) is 44.0 Å². The highest BCUT2D eigenvalue weighted by molar-refractivity contribution is 7.18. The van der Waals surface area contributed by atoms with Crippen molar-refractivity contribution in [2.24, 2.45) is 0 Å². The predicted molar refractivity (Wildman–Crippen MR) is 112 cm³/mol. The molecule has 1 fully saturated rings. The van der Waals surface area contributed by atoms with Crippen LogP contribution in [-0.2, 0) is 6.42 Å². The molecule has 0 atom stereocenters. The monoisotopic (exact) mass is 382 g/mol. The first-order valence-electron chi connectivity index (χ1n) is 9.65.